The zero-order chi connectivity index (χ0) is 19.7. The number of carbonyl (C=O) groups excluding carboxylic acids is 1. The maximum absolute atomic E-state index is 14.3. The number of amides is 1. The second-order valence-corrected chi connectivity index (χ2v) is 7.97. The van der Waals surface area contributed by atoms with Crippen molar-refractivity contribution in [3.63, 3.8) is 0 Å². The smallest absolute Gasteiger partial charge is 0.264 e. The van der Waals surface area contributed by atoms with Crippen LogP contribution >= 0.6 is 0 Å². The van der Waals surface area contributed by atoms with Gasteiger partial charge in [0.1, 0.15) is 17.2 Å². The highest BCUT2D eigenvalue weighted by atomic mass is 19.1. The third-order valence-electron chi connectivity index (χ3n) is 6.19. The van der Waals surface area contributed by atoms with E-state index < -0.39 is 23.1 Å². The third kappa shape index (κ3) is 3.22. The number of carbonyl (C=O) groups is 1. The van der Waals surface area contributed by atoms with Gasteiger partial charge in [0.2, 0.25) is 0 Å². The van der Waals surface area contributed by atoms with Gasteiger partial charge in [-0.25, -0.2) is 8.78 Å². The zero-order valence-corrected chi connectivity index (χ0v) is 16.2. The van der Waals surface area contributed by atoms with E-state index in [1.54, 1.807) is 4.90 Å². The lowest BCUT2D eigenvalue weighted by atomic mass is 9.74. The van der Waals surface area contributed by atoms with Gasteiger partial charge in [-0.3, -0.25) is 4.79 Å². The number of unbranched alkanes of at least 4 members (excludes halogenated alkanes) is 1. The van der Waals surface area contributed by atoms with Gasteiger partial charge in [0.25, 0.3) is 5.91 Å². The fraction of sp³-hybridized carbons (Fsp3) is 0.435. The Kier molecular flexibility index (Phi) is 5.19. The molecule has 1 saturated heterocycles. The van der Waals surface area contributed by atoms with Crippen LogP contribution in [0.2, 0.25) is 0 Å². The van der Waals surface area contributed by atoms with E-state index in [0.717, 1.165) is 68.6 Å². The van der Waals surface area contributed by atoms with Crippen molar-refractivity contribution in [1.82, 2.24) is 5.32 Å². The molecule has 0 aliphatic carbocycles. The summed E-state index contributed by atoms with van der Waals surface area (Å²) in [6.07, 6.45) is 5.09. The van der Waals surface area contributed by atoms with Crippen LogP contribution < -0.4 is 10.2 Å². The van der Waals surface area contributed by atoms with Gasteiger partial charge in [-0.05, 0) is 68.1 Å². The van der Waals surface area contributed by atoms with E-state index in [4.69, 9.17) is 0 Å². The molecular formula is C23H26F2N2O. The Hall–Kier alpha value is -2.27. The van der Waals surface area contributed by atoms with Crippen LogP contribution in [0.4, 0.5) is 14.5 Å². The summed E-state index contributed by atoms with van der Waals surface area (Å²) in [5, 5.41) is 3.39. The average Bonchev–Trinajstić information content (AvgIpc) is 3.00. The van der Waals surface area contributed by atoms with Crippen LogP contribution in [0.15, 0.2) is 36.4 Å². The number of aryl methyl sites for hydroxylation is 1. The number of hydrogen-bond acceptors (Lipinski definition) is 2. The van der Waals surface area contributed by atoms with Gasteiger partial charge < -0.3 is 10.2 Å². The molecule has 1 amide bonds. The molecule has 2 heterocycles. The molecule has 0 atom stereocenters. The summed E-state index contributed by atoms with van der Waals surface area (Å²) in [5.74, 6) is -2.21. The van der Waals surface area contributed by atoms with Crippen molar-refractivity contribution in [3.05, 3.63) is 64.7 Å². The number of rotatable bonds is 4. The van der Waals surface area contributed by atoms with Crippen LogP contribution in [0.25, 0.3) is 0 Å². The molecule has 28 heavy (non-hydrogen) atoms. The van der Waals surface area contributed by atoms with Crippen LogP contribution in [0.1, 0.15) is 54.1 Å². The van der Waals surface area contributed by atoms with Crippen molar-refractivity contribution in [1.29, 1.82) is 0 Å². The van der Waals surface area contributed by atoms with Gasteiger partial charge in [0, 0.05) is 17.6 Å². The molecule has 5 heteroatoms. The Balaban J connectivity index is 1.76. The van der Waals surface area contributed by atoms with Gasteiger partial charge in [-0.15, -0.1) is 0 Å². The summed E-state index contributed by atoms with van der Waals surface area (Å²) in [7, 11) is 0. The standard InChI is InChI=1S/C23H26F2N2O/c1-2-3-5-16-8-9-20-17(14-16)23(10-12-26-13-11-23)15-27(20)22(28)21-18(24)6-4-7-19(21)25/h4,6-9,14,26H,2-3,5,10-13,15H2,1H3. The summed E-state index contributed by atoms with van der Waals surface area (Å²) in [6.45, 7) is 4.42. The number of fused-ring (bicyclic) bond motifs is 2. The highest BCUT2D eigenvalue weighted by molar-refractivity contribution is 6.08. The fourth-order valence-corrected chi connectivity index (χ4v) is 4.60. The molecule has 2 aromatic carbocycles. The molecule has 148 valence electrons. The Morgan fingerprint density at radius 2 is 1.86 bits per heavy atom. The molecule has 1 spiro atoms. The quantitative estimate of drug-likeness (QED) is 0.836. The number of anilines is 1. The number of nitrogens with one attached hydrogen (secondary N) is 1. The lowest BCUT2D eigenvalue weighted by Gasteiger charge is -2.34. The van der Waals surface area contributed by atoms with Gasteiger partial charge in [0.05, 0.1) is 0 Å². The van der Waals surface area contributed by atoms with Crippen molar-refractivity contribution in [2.75, 3.05) is 24.5 Å². The summed E-state index contributed by atoms with van der Waals surface area (Å²) in [5.41, 5.74) is 2.63. The molecule has 0 unspecified atom stereocenters. The molecule has 0 bridgehead atoms. The summed E-state index contributed by atoms with van der Waals surface area (Å²) >= 11 is 0. The highest BCUT2D eigenvalue weighted by Crippen LogP contribution is 2.47. The zero-order valence-electron chi connectivity index (χ0n) is 16.2. The van der Waals surface area contributed by atoms with E-state index in [-0.39, 0.29) is 5.41 Å². The molecular weight excluding hydrogens is 358 g/mol. The molecule has 0 saturated carbocycles. The van der Waals surface area contributed by atoms with E-state index >= 15 is 0 Å². The second-order valence-electron chi connectivity index (χ2n) is 7.97. The number of piperidine rings is 1. The van der Waals surface area contributed by atoms with Gasteiger partial charge in [0.15, 0.2) is 0 Å². The molecule has 2 aliphatic heterocycles. The van der Waals surface area contributed by atoms with Crippen LogP contribution in [-0.4, -0.2) is 25.5 Å². The SMILES string of the molecule is CCCCc1ccc2c(c1)C1(CCNCC1)CN2C(=O)c1c(F)cccc1F. The van der Waals surface area contributed by atoms with Crippen LogP contribution in [0.3, 0.4) is 0 Å². The average molecular weight is 384 g/mol. The van der Waals surface area contributed by atoms with E-state index in [1.165, 1.54) is 11.6 Å². The first-order valence-electron chi connectivity index (χ1n) is 10.2. The maximum atomic E-state index is 14.3. The van der Waals surface area contributed by atoms with Crippen LogP contribution in [0, 0.1) is 11.6 Å². The minimum Gasteiger partial charge on any atom is -0.317 e. The number of halogens is 2. The molecule has 2 aliphatic rings. The first kappa shape index (κ1) is 19.1. The first-order valence-corrected chi connectivity index (χ1v) is 10.2. The molecule has 3 nitrogen and oxygen atoms in total. The largest absolute Gasteiger partial charge is 0.317 e. The Morgan fingerprint density at radius 1 is 1.14 bits per heavy atom. The van der Waals surface area contributed by atoms with Crippen molar-refractivity contribution in [2.24, 2.45) is 0 Å². The van der Waals surface area contributed by atoms with Crippen LogP contribution in [-0.2, 0) is 11.8 Å². The lowest BCUT2D eigenvalue weighted by Crippen LogP contribution is -2.44. The Bertz CT molecular complexity index is 870. The molecule has 0 radical (unpaired) electrons. The first-order chi connectivity index (χ1) is 13.6. The predicted octanol–water partition coefficient (Wildman–Crippen LogP) is 4.59. The summed E-state index contributed by atoms with van der Waals surface area (Å²) in [4.78, 5) is 14.8. The second kappa shape index (κ2) is 7.63. The molecule has 0 aromatic heterocycles. The molecule has 2 aromatic rings. The minimum atomic E-state index is -0.808. The van der Waals surface area contributed by atoms with E-state index in [9.17, 15) is 13.6 Å². The number of hydrogen-bond donors (Lipinski definition) is 1. The maximum Gasteiger partial charge on any atom is 0.264 e. The minimum absolute atomic E-state index is 0.139. The van der Waals surface area contributed by atoms with E-state index in [2.05, 4.69) is 18.3 Å². The van der Waals surface area contributed by atoms with Gasteiger partial charge in [-0.2, -0.15) is 0 Å². The van der Waals surface area contributed by atoms with Crippen molar-refractivity contribution < 1.29 is 13.6 Å². The summed E-state index contributed by atoms with van der Waals surface area (Å²) in [6, 6.07) is 9.80. The van der Waals surface area contributed by atoms with Crippen molar-refractivity contribution in [3.8, 4) is 0 Å². The normalized spacial score (nSPS) is 17.8. The molecule has 4 rings (SSSR count). The highest BCUT2D eigenvalue weighted by Gasteiger charge is 2.46. The number of benzene rings is 2. The third-order valence-corrected chi connectivity index (χ3v) is 6.19. The Labute approximate surface area is 164 Å². The molecule has 1 N–H and O–H groups in total. The topological polar surface area (TPSA) is 32.3 Å². The lowest BCUT2D eigenvalue weighted by molar-refractivity contribution is 0.0974. The summed E-state index contributed by atoms with van der Waals surface area (Å²) < 4.78 is 28.5. The van der Waals surface area contributed by atoms with Crippen molar-refractivity contribution >= 4 is 11.6 Å². The number of nitrogens with zero attached hydrogens (tertiary/aromatic N) is 1. The fourth-order valence-electron chi connectivity index (χ4n) is 4.60. The van der Waals surface area contributed by atoms with Crippen molar-refractivity contribution in [2.45, 2.75) is 44.4 Å². The van der Waals surface area contributed by atoms with Gasteiger partial charge in [-0.1, -0.05) is 31.5 Å². The van der Waals surface area contributed by atoms with Crippen LogP contribution in [0.5, 0.6) is 0 Å². The predicted molar refractivity (Wildman–Crippen MR) is 107 cm³/mol. The monoisotopic (exact) mass is 384 g/mol. The Morgan fingerprint density at radius 3 is 2.54 bits per heavy atom. The van der Waals surface area contributed by atoms with Gasteiger partial charge >= 0.3 is 0 Å². The van der Waals surface area contributed by atoms with E-state index in [0.29, 0.717) is 6.54 Å². The molecule has 1 fully saturated rings. The van der Waals surface area contributed by atoms with E-state index in [1.807, 2.05) is 12.1 Å².